The third-order valence-electron chi connectivity index (χ3n) is 2.89. The van der Waals surface area contributed by atoms with E-state index in [9.17, 15) is 14.7 Å². The molecule has 1 atom stereocenters. The molecule has 1 aromatic rings. The molecule has 19 heavy (non-hydrogen) atoms. The molecule has 0 saturated carbocycles. The van der Waals surface area contributed by atoms with Crippen LogP contribution in [0.4, 0.5) is 0 Å². The lowest BCUT2D eigenvalue weighted by Crippen LogP contribution is -2.43. The number of carbonyl (C=O) groups is 2. The average molecular weight is 268 g/mol. The number of carboxylic acid groups (broad SMARTS) is 1. The fourth-order valence-corrected chi connectivity index (χ4v) is 2.15. The SMILES string of the molecule is CCOC(=O)C(Cc1ccco1)(CC(C)C)C(=O)O. The molecule has 0 bridgehead atoms. The van der Waals surface area contributed by atoms with Crippen molar-refractivity contribution >= 4 is 11.9 Å². The third kappa shape index (κ3) is 3.59. The molecule has 0 saturated heterocycles. The van der Waals surface area contributed by atoms with Crippen molar-refractivity contribution in [3.05, 3.63) is 24.2 Å². The van der Waals surface area contributed by atoms with E-state index in [-0.39, 0.29) is 25.4 Å². The lowest BCUT2D eigenvalue weighted by Gasteiger charge is -2.27. The largest absolute Gasteiger partial charge is 0.480 e. The molecule has 0 amide bonds. The maximum absolute atomic E-state index is 12.1. The Morgan fingerprint density at radius 3 is 2.58 bits per heavy atom. The molecule has 0 aromatic carbocycles. The average Bonchev–Trinajstić information content (AvgIpc) is 2.80. The van der Waals surface area contributed by atoms with E-state index in [1.54, 1.807) is 19.1 Å². The molecule has 5 heteroatoms. The maximum atomic E-state index is 12.1. The van der Waals surface area contributed by atoms with Crippen LogP contribution >= 0.6 is 0 Å². The van der Waals surface area contributed by atoms with E-state index < -0.39 is 17.4 Å². The molecule has 1 rings (SSSR count). The Kier molecular flexibility index (Phi) is 5.15. The first kappa shape index (κ1) is 15.3. The number of rotatable bonds is 7. The summed E-state index contributed by atoms with van der Waals surface area (Å²) in [5.74, 6) is -1.35. The topological polar surface area (TPSA) is 76.7 Å². The second-order valence-electron chi connectivity index (χ2n) is 4.96. The van der Waals surface area contributed by atoms with Crippen LogP contribution in [-0.2, 0) is 20.7 Å². The fraction of sp³-hybridized carbons (Fsp3) is 0.571. The van der Waals surface area contributed by atoms with Crippen LogP contribution in [0.5, 0.6) is 0 Å². The van der Waals surface area contributed by atoms with Crippen LogP contribution in [0.1, 0.15) is 33.0 Å². The number of furan rings is 1. The predicted molar refractivity (Wildman–Crippen MR) is 68.6 cm³/mol. The molecule has 1 aromatic heterocycles. The highest BCUT2D eigenvalue weighted by Crippen LogP contribution is 2.33. The molecule has 0 aliphatic heterocycles. The number of carboxylic acids is 1. The lowest BCUT2D eigenvalue weighted by molar-refractivity contribution is -0.170. The Labute approximate surface area is 112 Å². The minimum absolute atomic E-state index is 0.00630. The molecule has 0 fully saturated rings. The summed E-state index contributed by atoms with van der Waals surface area (Å²) in [4.78, 5) is 23.8. The van der Waals surface area contributed by atoms with Crippen molar-refractivity contribution < 1.29 is 23.8 Å². The molecule has 1 N–H and O–H groups in total. The minimum Gasteiger partial charge on any atom is -0.480 e. The molecule has 1 unspecified atom stereocenters. The summed E-state index contributed by atoms with van der Waals surface area (Å²) < 4.78 is 10.1. The maximum Gasteiger partial charge on any atom is 0.323 e. The molecule has 0 aliphatic carbocycles. The van der Waals surface area contributed by atoms with E-state index in [4.69, 9.17) is 9.15 Å². The van der Waals surface area contributed by atoms with E-state index in [1.807, 2.05) is 13.8 Å². The van der Waals surface area contributed by atoms with Crippen molar-refractivity contribution in [2.45, 2.75) is 33.6 Å². The highest BCUT2D eigenvalue weighted by Gasteiger charge is 2.48. The Morgan fingerprint density at radius 1 is 1.47 bits per heavy atom. The third-order valence-corrected chi connectivity index (χ3v) is 2.89. The van der Waals surface area contributed by atoms with E-state index in [0.29, 0.717) is 5.76 Å². The van der Waals surface area contributed by atoms with Crippen molar-refractivity contribution in [1.82, 2.24) is 0 Å². The van der Waals surface area contributed by atoms with Gasteiger partial charge in [-0.2, -0.15) is 0 Å². The van der Waals surface area contributed by atoms with Crippen LogP contribution in [0.15, 0.2) is 22.8 Å². The summed E-state index contributed by atoms with van der Waals surface area (Å²) in [6.07, 6.45) is 1.68. The van der Waals surface area contributed by atoms with Crippen molar-refractivity contribution in [1.29, 1.82) is 0 Å². The number of ether oxygens (including phenoxy) is 1. The summed E-state index contributed by atoms with van der Waals surface area (Å²) in [5, 5.41) is 9.53. The first-order valence-electron chi connectivity index (χ1n) is 6.35. The zero-order chi connectivity index (χ0) is 14.5. The van der Waals surface area contributed by atoms with Gasteiger partial charge in [0.25, 0.3) is 0 Å². The minimum atomic E-state index is -1.58. The molecular formula is C14H20O5. The first-order chi connectivity index (χ1) is 8.92. The van der Waals surface area contributed by atoms with Crippen LogP contribution < -0.4 is 0 Å². The Bertz CT molecular complexity index is 421. The van der Waals surface area contributed by atoms with Gasteiger partial charge in [-0.15, -0.1) is 0 Å². The molecule has 1 heterocycles. The van der Waals surface area contributed by atoms with Gasteiger partial charge < -0.3 is 14.3 Å². The molecule has 0 spiro atoms. The summed E-state index contributed by atoms with van der Waals surface area (Å²) in [5.41, 5.74) is -1.58. The van der Waals surface area contributed by atoms with Crippen molar-refractivity contribution in [3.63, 3.8) is 0 Å². The number of aliphatic carboxylic acids is 1. The van der Waals surface area contributed by atoms with Crippen LogP contribution in [0, 0.1) is 11.3 Å². The fourth-order valence-electron chi connectivity index (χ4n) is 2.15. The van der Waals surface area contributed by atoms with Gasteiger partial charge in [0.2, 0.25) is 0 Å². The van der Waals surface area contributed by atoms with Crippen LogP contribution in [0.25, 0.3) is 0 Å². The Morgan fingerprint density at radius 2 is 2.16 bits per heavy atom. The summed E-state index contributed by atoms with van der Waals surface area (Å²) in [6, 6.07) is 3.33. The van der Waals surface area contributed by atoms with Gasteiger partial charge in [-0.25, -0.2) is 0 Å². The normalized spacial score (nSPS) is 14.1. The van der Waals surface area contributed by atoms with Gasteiger partial charge in [0.05, 0.1) is 12.9 Å². The van der Waals surface area contributed by atoms with E-state index in [1.165, 1.54) is 6.26 Å². The second-order valence-corrected chi connectivity index (χ2v) is 4.96. The van der Waals surface area contributed by atoms with Crippen molar-refractivity contribution in [2.24, 2.45) is 11.3 Å². The second kappa shape index (κ2) is 6.41. The standard InChI is InChI=1S/C14H20O5/c1-4-18-13(17)14(12(15)16,8-10(2)3)9-11-6-5-7-19-11/h5-7,10H,4,8-9H2,1-3H3,(H,15,16). The number of hydrogen-bond donors (Lipinski definition) is 1. The van der Waals surface area contributed by atoms with Gasteiger partial charge >= 0.3 is 11.9 Å². The smallest absolute Gasteiger partial charge is 0.323 e. The van der Waals surface area contributed by atoms with Crippen LogP contribution in [0.2, 0.25) is 0 Å². The monoisotopic (exact) mass is 268 g/mol. The molecular weight excluding hydrogens is 248 g/mol. The molecule has 0 aliphatic rings. The highest BCUT2D eigenvalue weighted by atomic mass is 16.5. The number of esters is 1. The summed E-state index contributed by atoms with van der Waals surface area (Å²) in [7, 11) is 0. The van der Waals surface area contributed by atoms with E-state index >= 15 is 0 Å². The lowest BCUT2D eigenvalue weighted by atomic mass is 9.76. The van der Waals surface area contributed by atoms with Crippen LogP contribution in [0.3, 0.4) is 0 Å². The van der Waals surface area contributed by atoms with Gasteiger partial charge in [0.1, 0.15) is 5.76 Å². The Hall–Kier alpha value is -1.78. The van der Waals surface area contributed by atoms with Gasteiger partial charge in [-0.3, -0.25) is 9.59 Å². The van der Waals surface area contributed by atoms with Gasteiger partial charge in [0, 0.05) is 6.42 Å². The highest BCUT2D eigenvalue weighted by molar-refractivity contribution is 5.99. The Balaban J connectivity index is 3.10. The van der Waals surface area contributed by atoms with Gasteiger partial charge in [-0.05, 0) is 31.4 Å². The predicted octanol–water partition coefficient (Wildman–Crippen LogP) is 2.50. The number of carbonyl (C=O) groups excluding carboxylic acids is 1. The molecule has 0 radical (unpaired) electrons. The van der Waals surface area contributed by atoms with E-state index in [0.717, 1.165) is 0 Å². The quantitative estimate of drug-likeness (QED) is 0.607. The van der Waals surface area contributed by atoms with Crippen LogP contribution in [-0.4, -0.2) is 23.7 Å². The van der Waals surface area contributed by atoms with Gasteiger partial charge in [0.15, 0.2) is 5.41 Å². The zero-order valence-corrected chi connectivity index (χ0v) is 11.5. The molecule has 106 valence electrons. The van der Waals surface area contributed by atoms with Crippen molar-refractivity contribution in [2.75, 3.05) is 6.61 Å². The zero-order valence-electron chi connectivity index (χ0n) is 11.5. The van der Waals surface area contributed by atoms with Gasteiger partial charge in [-0.1, -0.05) is 13.8 Å². The van der Waals surface area contributed by atoms with Crippen molar-refractivity contribution in [3.8, 4) is 0 Å². The summed E-state index contributed by atoms with van der Waals surface area (Å²) >= 11 is 0. The van der Waals surface area contributed by atoms with E-state index in [2.05, 4.69) is 0 Å². The number of hydrogen-bond acceptors (Lipinski definition) is 4. The molecule has 5 nitrogen and oxygen atoms in total. The summed E-state index contributed by atoms with van der Waals surface area (Å²) in [6.45, 7) is 5.56. The first-order valence-corrected chi connectivity index (χ1v) is 6.35.